The van der Waals surface area contributed by atoms with Crippen molar-refractivity contribution >= 4 is 41.3 Å². The Hall–Kier alpha value is -2.14. The third kappa shape index (κ3) is 5.72. The third-order valence-electron chi connectivity index (χ3n) is 8.25. The largest absolute Gasteiger partial charge is 0.862 e. The average molecular weight is 521 g/mol. The molecule has 0 bridgehead atoms. The molecule has 200 valence electrons. The van der Waals surface area contributed by atoms with Crippen molar-refractivity contribution < 1.29 is 24.3 Å². The lowest BCUT2D eigenvalue weighted by molar-refractivity contribution is -0.224. The fourth-order valence-electron chi connectivity index (χ4n) is 5.56. The molecule has 11 heteroatoms. The van der Waals surface area contributed by atoms with Crippen LogP contribution >= 0.6 is 11.8 Å². The van der Waals surface area contributed by atoms with Gasteiger partial charge >= 0.3 is 0 Å². The molecule has 2 saturated heterocycles. The number of nitrogens with zero attached hydrogens (tertiary/aromatic N) is 2. The van der Waals surface area contributed by atoms with Crippen LogP contribution in [0.4, 0.5) is 0 Å². The average Bonchev–Trinajstić information content (AvgIpc) is 3.67. The van der Waals surface area contributed by atoms with Crippen molar-refractivity contribution in [1.82, 2.24) is 15.1 Å². The second kappa shape index (κ2) is 10.7. The molecular formula is C25H38N5O5S-. The van der Waals surface area contributed by atoms with Gasteiger partial charge in [0.05, 0.1) is 10.8 Å². The molecule has 4 amide bonds. The highest BCUT2D eigenvalue weighted by Crippen LogP contribution is 2.53. The number of hydrogen-bond donors (Lipinski definition) is 3. The standard InChI is InChI=1S/C25H39N5O5S/c1-16(21(26)33)15-36-18-13-20(32)29(22(18)34)11-3-6-19(31)28-10-2-5-17-14-25(17,27)23(35)30-12-4-7-24(30)8-9-24/h16-18H,2-15,27H2,1H3,(H2,26,33)(H,28,31)/p-1/t16-,17-,18?,25?/m0/s1. The lowest BCUT2D eigenvalue weighted by Gasteiger charge is -2.28. The van der Waals surface area contributed by atoms with Crippen molar-refractivity contribution in [3.8, 4) is 0 Å². The molecule has 0 radical (unpaired) electrons. The number of hydrogen-bond acceptors (Lipinski definition) is 8. The summed E-state index contributed by atoms with van der Waals surface area (Å²) in [5.74, 6) is -1.17. The van der Waals surface area contributed by atoms with Crippen LogP contribution in [0.3, 0.4) is 0 Å². The first-order valence-corrected chi connectivity index (χ1v) is 14.2. The monoisotopic (exact) mass is 520 g/mol. The van der Waals surface area contributed by atoms with Gasteiger partial charge in [0.2, 0.25) is 23.6 Å². The fourth-order valence-corrected chi connectivity index (χ4v) is 6.76. The SMILES string of the molecule is C[C@@H](CSC1CC(=O)N(CCCC(=O)NCCC[C@H]2CC2(N)C(=O)N2CCCC23CC3)C1=O)C(=N)[O-]. The molecule has 2 aliphatic carbocycles. The lowest BCUT2D eigenvalue weighted by Crippen LogP contribution is -2.50. The predicted octanol–water partition coefficient (Wildman–Crippen LogP) is 0.370. The molecule has 4 N–H and O–H groups in total. The van der Waals surface area contributed by atoms with Gasteiger partial charge in [-0.1, -0.05) is 6.92 Å². The van der Waals surface area contributed by atoms with Gasteiger partial charge in [-0.05, 0) is 69.1 Å². The summed E-state index contributed by atoms with van der Waals surface area (Å²) in [7, 11) is 0. The highest BCUT2D eigenvalue weighted by atomic mass is 32.2. The van der Waals surface area contributed by atoms with Crippen molar-refractivity contribution in [3.63, 3.8) is 0 Å². The summed E-state index contributed by atoms with van der Waals surface area (Å²) in [4.78, 5) is 53.1. The molecule has 1 spiro atoms. The van der Waals surface area contributed by atoms with Crippen LogP contribution in [0.1, 0.15) is 71.1 Å². The van der Waals surface area contributed by atoms with Gasteiger partial charge in [0.25, 0.3) is 0 Å². The number of likely N-dealkylation sites (tertiary alicyclic amines) is 2. The molecule has 4 fully saturated rings. The summed E-state index contributed by atoms with van der Waals surface area (Å²) in [5.41, 5.74) is 5.85. The molecule has 0 aromatic carbocycles. The molecule has 2 unspecified atom stereocenters. The van der Waals surface area contributed by atoms with Crippen LogP contribution < -0.4 is 16.2 Å². The molecular weight excluding hydrogens is 482 g/mol. The molecule has 4 atom stereocenters. The minimum absolute atomic E-state index is 0.0969. The van der Waals surface area contributed by atoms with Gasteiger partial charge in [-0.2, -0.15) is 0 Å². The Bertz CT molecular complexity index is 925. The molecule has 0 aromatic heterocycles. The van der Waals surface area contributed by atoms with Gasteiger partial charge in [-0.25, -0.2) is 0 Å². The minimum Gasteiger partial charge on any atom is -0.862 e. The predicted molar refractivity (Wildman–Crippen MR) is 134 cm³/mol. The highest BCUT2D eigenvalue weighted by Gasteiger charge is 2.62. The van der Waals surface area contributed by atoms with Crippen LogP contribution in [-0.4, -0.2) is 81.0 Å². The van der Waals surface area contributed by atoms with Crippen molar-refractivity contribution in [2.45, 2.75) is 87.5 Å². The molecule has 4 aliphatic rings. The van der Waals surface area contributed by atoms with E-state index in [-0.39, 0.29) is 54.5 Å². The Morgan fingerprint density at radius 1 is 1.28 bits per heavy atom. The van der Waals surface area contributed by atoms with Crippen molar-refractivity contribution in [1.29, 1.82) is 5.41 Å². The van der Waals surface area contributed by atoms with Crippen molar-refractivity contribution in [3.05, 3.63) is 0 Å². The maximum Gasteiger partial charge on any atom is 0.243 e. The summed E-state index contributed by atoms with van der Waals surface area (Å²) in [6, 6.07) is 0. The van der Waals surface area contributed by atoms with E-state index in [1.54, 1.807) is 6.92 Å². The number of amides is 4. The summed E-state index contributed by atoms with van der Waals surface area (Å²) >= 11 is 1.24. The van der Waals surface area contributed by atoms with Gasteiger partial charge in [-0.15, -0.1) is 11.8 Å². The Balaban J connectivity index is 1.08. The number of nitrogens with one attached hydrogen (secondary N) is 2. The second-order valence-electron chi connectivity index (χ2n) is 11.0. The molecule has 2 aliphatic heterocycles. The molecule has 10 nitrogen and oxygen atoms in total. The maximum absolute atomic E-state index is 13.0. The van der Waals surface area contributed by atoms with E-state index in [1.807, 2.05) is 4.90 Å². The van der Waals surface area contributed by atoms with E-state index in [0.717, 1.165) is 51.5 Å². The zero-order valence-corrected chi connectivity index (χ0v) is 21.9. The van der Waals surface area contributed by atoms with Crippen LogP contribution in [0.25, 0.3) is 0 Å². The number of nitrogens with two attached hydrogens (primary N) is 1. The summed E-state index contributed by atoms with van der Waals surface area (Å²) < 4.78 is 0. The van der Waals surface area contributed by atoms with E-state index < -0.39 is 22.6 Å². The van der Waals surface area contributed by atoms with Crippen LogP contribution in [-0.2, 0) is 19.2 Å². The fraction of sp³-hybridized carbons (Fsp3) is 0.800. The van der Waals surface area contributed by atoms with Gasteiger partial charge in [0.1, 0.15) is 0 Å². The van der Waals surface area contributed by atoms with Gasteiger partial charge < -0.3 is 26.5 Å². The van der Waals surface area contributed by atoms with Gasteiger partial charge in [-0.3, -0.25) is 24.1 Å². The van der Waals surface area contributed by atoms with Crippen molar-refractivity contribution in [2.24, 2.45) is 17.6 Å². The zero-order chi connectivity index (χ0) is 26.1. The summed E-state index contributed by atoms with van der Waals surface area (Å²) in [5, 5.41) is 20.5. The summed E-state index contributed by atoms with van der Waals surface area (Å²) in [6.45, 7) is 3.18. The number of carbonyl (C=O) groups is 4. The molecule has 2 heterocycles. The quantitative estimate of drug-likeness (QED) is 0.137. The number of carbonyl (C=O) groups excluding carboxylic acids is 4. The number of thioether (sulfide) groups is 1. The highest BCUT2D eigenvalue weighted by molar-refractivity contribution is 8.00. The minimum atomic E-state index is -0.719. The normalized spacial score (nSPS) is 29.1. The van der Waals surface area contributed by atoms with Crippen LogP contribution in [0.2, 0.25) is 0 Å². The first-order chi connectivity index (χ1) is 17.1. The lowest BCUT2D eigenvalue weighted by atomic mass is 10.1. The molecule has 36 heavy (non-hydrogen) atoms. The molecule has 2 saturated carbocycles. The third-order valence-corrected chi connectivity index (χ3v) is 9.72. The maximum atomic E-state index is 13.0. The number of imide groups is 1. The van der Waals surface area contributed by atoms with E-state index in [4.69, 9.17) is 11.1 Å². The van der Waals surface area contributed by atoms with E-state index in [2.05, 4.69) is 5.32 Å². The first kappa shape index (κ1) is 26.9. The Labute approximate surface area is 216 Å². The first-order valence-electron chi connectivity index (χ1n) is 13.2. The van der Waals surface area contributed by atoms with Gasteiger partial charge in [0.15, 0.2) is 0 Å². The van der Waals surface area contributed by atoms with Crippen LogP contribution in [0.15, 0.2) is 0 Å². The van der Waals surface area contributed by atoms with E-state index in [1.165, 1.54) is 16.7 Å². The summed E-state index contributed by atoms with van der Waals surface area (Å²) in [6.07, 6.45) is 7.41. The van der Waals surface area contributed by atoms with Crippen LogP contribution in [0, 0.1) is 17.2 Å². The Kier molecular flexibility index (Phi) is 7.99. The molecule has 4 rings (SSSR count). The molecule has 0 aromatic rings. The Morgan fingerprint density at radius 3 is 2.72 bits per heavy atom. The smallest absolute Gasteiger partial charge is 0.243 e. The topological polar surface area (TPSA) is 160 Å². The second-order valence-corrected chi connectivity index (χ2v) is 12.2. The van der Waals surface area contributed by atoms with Crippen LogP contribution in [0.5, 0.6) is 0 Å². The van der Waals surface area contributed by atoms with Crippen molar-refractivity contribution in [2.75, 3.05) is 25.4 Å². The van der Waals surface area contributed by atoms with Gasteiger partial charge in [0, 0.05) is 43.8 Å². The van der Waals surface area contributed by atoms with E-state index >= 15 is 0 Å². The zero-order valence-electron chi connectivity index (χ0n) is 21.1. The van der Waals surface area contributed by atoms with E-state index in [0.29, 0.717) is 18.7 Å². The van der Waals surface area contributed by atoms with E-state index in [9.17, 15) is 24.3 Å². The Morgan fingerprint density at radius 2 is 2.03 bits per heavy atom. The number of rotatable bonds is 13.